The van der Waals surface area contributed by atoms with E-state index in [4.69, 9.17) is 11.3 Å². The maximum atomic E-state index is 13.3. The van der Waals surface area contributed by atoms with Crippen molar-refractivity contribution in [2.75, 3.05) is 18.4 Å². The summed E-state index contributed by atoms with van der Waals surface area (Å²) in [5.41, 5.74) is -2.54. The fourth-order valence-corrected chi connectivity index (χ4v) is 3.90. The van der Waals surface area contributed by atoms with E-state index in [0.29, 0.717) is 25.9 Å². The average Bonchev–Trinajstić information content (AvgIpc) is 3.28. The number of nitrogens with one attached hydrogen (secondary N) is 1. The van der Waals surface area contributed by atoms with E-state index in [2.05, 4.69) is 15.3 Å². The summed E-state index contributed by atoms with van der Waals surface area (Å²) in [6, 6.07) is 3.06. The van der Waals surface area contributed by atoms with Gasteiger partial charge in [-0.25, -0.2) is 9.64 Å². The number of rotatable bonds is 4. The van der Waals surface area contributed by atoms with Crippen molar-refractivity contribution in [3.8, 4) is 0 Å². The Bertz CT molecular complexity index is 1170. The molecule has 36 heavy (non-hydrogen) atoms. The molecule has 1 aliphatic heterocycles. The number of aromatic nitrogens is 2. The summed E-state index contributed by atoms with van der Waals surface area (Å²) >= 11 is 0. The summed E-state index contributed by atoms with van der Waals surface area (Å²) in [6.07, 6.45) is -0.193. The highest BCUT2D eigenvalue weighted by molar-refractivity contribution is 5.96. The van der Waals surface area contributed by atoms with Crippen molar-refractivity contribution in [1.82, 2.24) is 14.7 Å². The van der Waals surface area contributed by atoms with Crippen LogP contribution in [0.1, 0.15) is 64.5 Å². The van der Waals surface area contributed by atoms with Gasteiger partial charge in [0.2, 0.25) is 0 Å². The Balaban J connectivity index is 1.68. The van der Waals surface area contributed by atoms with Gasteiger partial charge >= 0.3 is 12.3 Å². The van der Waals surface area contributed by atoms with Gasteiger partial charge in [0.25, 0.3) is 5.91 Å². The molecule has 2 heterocycles. The van der Waals surface area contributed by atoms with Gasteiger partial charge in [0.05, 0.1) is 18.3 Å². The molecule has 1 saturated heterocycles. The third kappa shape index (κ3) is 6.17. The highest BCUT2D eigenvalue weighted by Gasteiger charge is 2.36. The van der Waals surface area contributed by atoms with Gasteiger partial charge in [0, 0.05) is 25.0 Å². The lowest BCUT2D eigenvalue weighted by molar-refractivity contribution is -0.136. The lowest BCUT2D eigenvalue weighted by atomic mass is 9.91. The number of piperidine rings is 1. The number of hydrogen-bond donors (Lipinski definition) is 1. The van der Waals surface area contributed by atoms with Crippen LogP contribution in [-0.2, 0) is 21.2 Å². The predicted octanol–water partition coefficient (Wildman–Crippen LogP) is 5.94. The number of carbonyl (C=O) groups is 2. The van der Waals surface area contributed by atoms with Gasteiger partial charge in [-0.15, -0.1) is 0 Å². The van der Waals surface area contributed by atoms with Crippen LogP contribution in [0.25, 0.3) is 4.85 Å². The molecule has 0 unspecified atom stereocenters. The SMILES string of the molecule is [C-]#[N+]c1ccc(NC(=O)C(C)(C)n2cc(C3CCN(C(=O)OC(C)(C)C)CC3)cn2)cc1C(F)(F)F. The summed E-state index contributed by atoms with van der Waals surface area (Å²) < 4.78 is 46.7. The first-order chi connectivity index (χ1) is 16.6. The van der Waals surface area contributed by atoms with E-state index in [1.807, 2.05) is 20.8 Å². The van der Waals surface area contributed by atoms with Crippen LogP contribution in [0.15, 0.2) is 30.6 Å². The highest BCUT2D eigenvalue weighted by atomic mass is 19.4. The van der Waals surface area contributed by atoms with Crippen LogP contribution in [0.5, 0.6) is 0 Å². The van der Waals surface area contributed by atoms with E-state index >= 15 is 0 Å². The Kier molecular flexibility index (Phi) is 7.39. The Morgan fingerprint density at radius 3 is 2.33 bits per heavy atom. The molecule has 3 rings (SSSR count). The fourth-order valence-electron chi connectivity index (χ4n) is 3.90. The highest BCUT2D eigenvalue weighted by Crippen LogP contribution is 2.38. The van der Waals surface area contributed by atoms with Crippen LogP contribution in [0.3, 0.4) is 0 Å². The molecular weight excluding hydrogens is 475 g/mol. The number of benzene rings is 1. The molecule has 8 nitrogen and oxygen atoms in total. The van der Waals surface area contributed by atoms with Gasteiger partial charge in [0.15, 0.2) is 5.69 Å². The van der Waals surface area contributed by atoms with Crippen molar-refractivity contribution in [3.63, 3.8) is 0 Å². The van der Waals surface area contributed by atoms with Crippen LogP contribution in [-0.4, -0.2) is 45.4 Å². The van der Waals surface area contributed by atoms with E-state index < -0.39 is 34.5 Å². The normalized spacial score (nSPS) is 15.4. The van der Waals surface area contributed by atoms with E-state index in [1.165, 1.54) is 10.7 Å². The molecule has 1 aliphatic rings. The number of anilines is 1. The first kappa shape index (κ1) is 27.0. The summed E-state index contributed by atoms with van der Waals surface area (Å²) in [7, 11) is 0. The summed E-state index contributed by atoms with van der Waals surface area (Å²) in [4.78, 5) is 29.9. The summed E-state index contributed by atoms with van der Waals surface area (Å²) in [5, 5.41) is 6.85. The van der Waals surface area contributed by atoms with Crippen LogP contribution < -0.4 is 5.32 Å². The van der Waals surface area contributed by atoms with Gasteiger partial charge in [-0.1, -0.05) is 6.07 Å². The maximum Gasteiger partial charge on any atom is 0.410 e. The van der Waals surface area contributed by atoms with Crippen LogP contribution in [0.2, 0.25) is 0 Å². The first-order valence-corrected chi connectivity index (χ1v) is 11.5. The molecule has 1 N–H and O–H groups in total. The number of halogens is 3. The topological polar surface area (TPSA) is 80.8 Å². The predicted molar refractivity (Wildman–Crippen MR) is 128 cm³/mol. The number of amides is 2. The quantitative estimate of drug-likeness (QED) is 0.522. The molecule has 2 amide bonds. The van der Waals surface area contributed by atoms with Crippen molar-refractivity contribution in [2.24, 2.45) is 0 Å². The molecule has 11 heteroatoms. The molecular formula is C25H30F3N5O3. The first-order valence-electron chi connectivity index (χ1n) is 11.5. The van der Waals surface area contributed by atoms with Gasteiger partial charge in [-0.3, -0.25) is 9.48 Å². The molecule has 1 fully saturated rings. The lowest BCUT2D eigenvalue weighted by Gasteiger charge is -2.33. The monoisotopic (exact) mass is 505 g/mol. The number of likely N-dealkylation sites (tertiary alicyclic amines) is 1. The zero-order chi connectivity index (χ0) is 26.9. The second-order valence-electron chi connectivity index (χ2n) is 10.3. The minimum Gasteiger partial charge on any atom is -0.444 e. The van der Waals surface area contributed by atoms with Crippen molar-refractivity contribution < 1.29 is 27.5 Å². The molecule has 0 radical (unpaired) electrons. The van der Waals surface area contributed by atoms with Gasteiger partial charge in [-0.05, 0) is 71.1 Å². The smallest absolute Gasteiger partial charge is 0.410 e. The number of hydrogen-bond acceptors (Lipinski definition) is 4. The molecule has 1 aromatic carbocycles. The Labute approximate surface area is 208 Å². The van der Waals surface area contributed by atoms with Crippen LogP contribution in [0.4, 0.5) is 29.3 Å². The number of alkyl halides is 3. The van der Waals surface area contributed by atoms with Gasteiger partial charge in [0.1, 0.15) is 11.1 Å². The molecule has 0 aliphatic carbocycles. The van der Waals surface area contributed by atoms with Crippen molar-refractivity contribution in [2.45, 2.75) is 70.7 Å². The van der Waals surface area contributed by atoms with E-state index in [9.17, 15) is 22.8 Å². The van der Waals surface area contributed by atoms with Crippen molar-refractivity contribution in [3.05, 3.63) is 53.1 Å². The molecule has 194 valence electrons. The molecule has 0 atom stereocenters. The van der Waals surface area contributed by atoms with E-state index in [-0.39, 0.29) is 17.7 Å². The second-order valence-corrected chi connectivity index (χ2v) is 10.3. The molecule has 0 spiro atoms. The van der Waals surface area contributed by atoms with Crippen LogP contribution in [0, 0.1) is 6.57 Å². The lowest BCUT2D eigenvalue weighted by Crippen LogP contribution is -2.41. The van der Waals surface area contributed by atoms with E-state index in [1.54, 1.807) is 31.1 Å². The van der Waals surface area contributed by atoms with Crippen molar-refractivity contribution >= 4 is 23.4 Å². The third-order valence-corrected chi connectivity index (χ3v) is 6.03. The zero-order valence-electron chi connectivity index (χ0n) is 20.9. The summed E-state index contributed by atoms with van der Waals surface area (Å²) in [5.74, 6) is -0.410. The Morgan fingerprint density at radius 1 is 1.14 bits per heavy atom. The summed E-state index contributed by atoms with van der Waals surface area (Å²) in [6.45, 7) is 16.7. The van der Waals surface area contributed by atoms with Gasteiger partial charge < -0.3 is 15.0 Å². The van der Waals surface area contributed by atoms with Crippen molar-refractivity contribution in [1.29, 1.82) is 0 Å². The minimum atomic E-state index is -4.72. The molecule has 2 aromatic rings. The number of ether oxygens (including phenoxy) is 1. The Morgan fingerprint density at radius 2 is 1.78 bits per heavy atom. The van der Waals surface area contributed by atoms with Gasteiger partial charge in [-0.2, -0.15) is 18.3 Å². The Hall–Kier alpha value is -3.55. The molecule has 1 aromatic heterocycles. The molecule has 0 bridgehead atoms. The third-order valence-electron chi connectivity index (χ3n) is 6.03. The fraction of sp³-hybridized carbons (Fsp3) is 0.520. The zero-order valence-corrected chi connectivity index (χ0v) is 20.9. The number of nitrogens with zero attached hydrogens (tertiary/aromatic N) is 4. The average molecular weight is 506 g/mol. The number of carbonyl (C=O) groups excluding carboxylic acids is 2. The second kappa shape index (κ2) is 9.84. The minimum absolute atomic E-state index is 0.0605. The maximum absolute atomic E-state index is 13.3. The molecule has 0 saturated carbocycles. The van der Waals surface area contributed by atoms with E-state index in [0.717, 1.165) is 17.7 Å². The standard InChI is InChI=1S/C25H30F3N5O3/c1-23(2,3)36-22(35)32-11-9-16(10-12-32)17-14-30-33(15-17)24(4,5)21(34)31-18-7-8-20(29-6)19(13-18)25(26,27)28/h7-8,13-16H,9-12H2,1-5H3,(H,31,34). The van der Waals surface area contributed by atoms with Crippen LogP contribution >= 0.6 is 0 Å². The largest absolute Gasteiger partial charge is 0.444 e.